The average molecular weight is 537 g/mol. The normalized spacial score (nSPS) is 16.2. The minimum absolute atomic E-state index is 0.0213. The van der Waals surface area contributed by atoms with E-state index >= 15 is 0 Å². The van der Waals surface area contributed by atoms with Gasteiger partial charge in [-0.3, -0.25) is 4.79 Å². The van der Waals surface area contributed by atoms with E-state index in [1.165, 1.54) is 4.72 Å². The fourth-order valence-corrected chi connectivity index (χ4v) is 4.41. The van der Waals surface area contributed by atoms with Crippen molar-refractivity contribution in [3.8, 4) is 5.75 Å². The van der Waals surface area contributed by atoms with E-state index in [2.05, 4.69) is 0 Å². The summed E-state index contributed by atoms with van der Waals surface area (Å²) in [6.07, 6.45) is -4.66. The van der Waals surface area contributed by atoms with Gasteiger partial charge in [0.15, 0.2) is 0 Å². The summed E-state index contributed by atoms with van der Waals surface area (Å²) < 4.78 is 109. The Labute approximate surface area is 193 Å². The molecule has 0 spiro atoms. The van der Waals surface area contributed by atoms with Crippen LogP contribution in [0.2, 0.25) is 10.0 Å². The predicted octanol–water partition coefficient (Wildman–Crippen LogP) is 4.66. The highest BCUT2D eigenvalue weighted by molar-refractivity contribution is 7.87. The van der Waals surface area contributed by atoms with Gasteiger partial charge in [0.2, 0.25) is 0 Å². The molecule has 6 nitrogen and oxygen atoms in total. The first kappa shape index (κ1) is 25.4. The number of alkyl halides is 5. The molecule has 0 unspecified atom stereocenters. The lowest BCUT2D eigenvalue weighted by Gasteiger charge is -2.37. The molecule has 33 heavy (non-hydrogen) atoms. The van der Waals surface area contributed by atoms with Crippen LogP contribution in [0.4, 0.5) is 26.3 Å². The third-order valence-electron chi connectivity index (χ3n) is 4.40. The quantitative estimate of drug-likeness (QED) is 0.545. The van der Waals surface area contributed by atoms with Gasteiger partial charge in [-0.1, -0.05) is 23.2 Å². The number of hydrogen-bond acceptors (Lipinski definition) is 4. The van der Waals surface area contributed by atoms with Crippen LogP contribution in [0.1, 0.15) is 21.5 Å². The summed E-state index contributed by atoms with van der Waals surface area (Å²) in [4.78, 5) is 12.1. The fourth-order valence-electron chi connectivity index (χ4n) is 2.73. The summed E-state index contributed by atoms with van der Waals surface area (Å²) in [6, 6.07) is 4.14. The van der Waals surface area contributed by atoms with Gasteiger partial charge in [0.25, 0.3) is 11.8 Å². The van der Waals surface area contributed by atoms with E-state index in [-0.39, 0.29) is 16.3 Å². The largest absolute Gasteiger partial charge is 0.489 e. The van der Waals surface area contributed by atoms with Crippen LogP contribution in [-0.2, 0) is 23.0 Å². The Balaban J connectivity index is 1.70. The number of benzene rings is 2. The molecule has 1 N–H and O–H groups in total. The van der Waals surface area contributed by atoms with Crippen LogP contribution in [0.25, 0.3) is 0 Å². The lowest BCUT2D eigenvalue weighted by atomic mass is 10.1. The number of amides is 1. The predicted molar refractivity (Wildman–Crippen MR) is 105 cm³/mol. The maximum Gasteiger partial charge on any atom is 0.417 e. The monoisotopic (exact) mass is 536 g/mol. The highest BCUT2D eigenvalue weighted by atomic mass is 35.5. The van der Waals surface area contributed by atoms with Gasteiger partial charge in [-0.05, 0) is 30.3 Å². The Hall–Kier alpha value is -2.22. The lowest BCUT2D eigenvalue weighted by molar-refractivity contribution is -0.137. The number of ether oxygens (including phenoxy) is 1. The van der Waals surface area contributed by atoms with E-state index in [1.54, 1.807) is 0 Å². The summed E-state index contributed by atoms with van der Waals surface area (Å²) in [5, 5.41) is -0.849. The van der Waals surface area contributed by atoms with E-state index in [9.17, 15) is 39.6 Å². The van der Waals surface area contributed by atoms with Crippen molar-refractivity contribution in [3.63, 3.8) is 0 Å². The molecule has 3 rings (SSSR count). The standard InChI is InChI=1S/C18H12Cl2F6N2O4S/c19-13-5-11(16(29)27-33(30,31)28-7-17(22,23)8-28)15(21)3-9(13)6-32-10-1-2-12(14(20)4-10)18(24,25)26/h1-5H,6-8H2,(H,27,29). The molecule has 2 aromatic carbocycles. The van der Waals surface area contributed by atoms with Crippen LogP contribution in [0.5, 0.6) is 5.75 Å². The molecule has 0 saturated carbocycles. The van der Waals surface area contributed by atoms with E-state index in [0.717, 1.165) is 24.3 Å². The molecule has 1 aliphatic heterocycles. The Morgan fingerprint density at radius 2 is 1.76 bits per heavy atom. The maximum atomic E-state index is 14.4. The van der Waals surface area contributed by atoms with Crippen molar-refractivity contribution in [1.82, 2.24) is 9.03 Å². The van der Waals surface area contributed by atoms with E-state index in [4.69, 9.17) is 27.9 Å². The number of nitrogens with zero attached hydrogens (tertiary/aromatic N) is 1. The molecule has 1 aliphatic rings. The van der Waals surface area contributed by atoms with E-state index in [1.807, 2.05) is 0 Å². The van der Waals surface area contributed by atoms with Crippen molar-refractivity contribution >= 4 is 39.3 Å². The fraction of sp³-hybridized carbons (Fsp3) is 0.278. The Morgan fingerprint density at radius 1 is 1.12 bits per heavy atom. The summed E-state index contributed by atoms with van der Waals surface area (Å²) in [6.45, 7) is -2.67. The molecule has 15 heteroatoms. The Kier molecular flexibility index (Phi) is 6.82. The van der Waals surface area contributed by atoms with Crippen LogP contribution in [0, 0.1) is 5.82 Å². The molecule has 0 radical (unpaired) electrons. The summed E-state index contributed by atoms with van der Waals surface area (Å²) in [5.74, 6) is -5.94. The van der Waals surface area contributed by atoms with Gasteiger partial charge >= 0.3 is 16.4 Å². The van der Waals surface area contributed by atoms with Gasteiger partial charge in [-0.2, -0.15) is 25.9 Å². The number of carbonyl (C=O) groups is 1. The first-order chi connectivity index (χ1) is 15.1. The van der Waals surface area contributed by atoms with Gasteiger partial charge in [0.05, 0.1) is 29.2 Å². The Morgan fingerprint density at radius 3 is 2.30 bits per heavy atom. The third-order valence-corrected chi connectivity index (χ3v) is 6.44. The molecule has 1 amide bonds. The summed E-state index contributed by atoms with van der Waals surface area (Å²) in [5.41, 5.74) is -1.88. The first-order valence-corrected chi connectivity index (χ1v) is 11.0. The van der Waals surface area contributed by atoms with Gasteiger partial charge in [0.1, 0.15) is 18.2 Å². The van der Waals surface area contributed by atoms with Gasteiger partial charge < -0.3 is 4.74 Å². The zero-order chi connectivity index (χ0) is 24.8. The van der Waals surface area contributed by atoms with Crippen molar-refractivity contribution in [2.45, 2.75) is 18.7 Å². The molecule has 0 aliphatic carbocycles. The van der Waals surface area contributed by atoms with Crippen LogP contribution >= 0.6 is 23.2 Å². The van der Waals surface area contributed by atoms with Gasteiger partial charge in [0, 0.05) is 10.6 Å². The summed E-state index contributed by atoms with van der Waals surface area (Å²) in [7, 11) is -4.62. The number of carbonyl (C=O) groups excluding carboxylic acids is 1. The summed E-state index contributed by atoms with van der Waals surface area (Å²) >= 11 is 11.6. The molecule has 1 saturated heterocycles. The highest BCUT2D eigenvalue weighted by Gasteiger charge is 2.50. The van der Waals surface area contributed by atoms with Gasteiger partial charge in [-0.25, -0.2) is 17.9 Å². The topological polar surface area (TPSA) is 75.7 Å². The maximum absolute atomic E-state index is 14.4. The first-order valence-electron chi connectivity index (χ1n) is 8.76. The second kappa shape index (κ2) is 8.85. The number of nitrogens with one attached hydrogen (secondary N) is 1. The van der Waals surface area contributed by atoms with Crippen molar-refractivity contribution < 1.29 is 44.3 Å². The molecule has 0 aromatic heterocycles. The molecular formula is C18H12Cl2F6N2O4S. The second-order valence-electron chi connectivity index (χ2n) is 6.91. The minimum atomic E-state index is -4.66. The second-order valence-corrected chi connectivity index (χ2v) is 9.40. The van der Waals surface area contributed by atoms with Crippen LogP contribution in [0.15, 0.2) is 30.3 Å². The van der Waals surface area contributed by atoms with Crippen molar-refractivity contribution in [1.29, 1.82) is 0 Å². The van der Waals surface area contributed by atoms with Crippen LogP contribution < -0.4 is 9.46 Å². The highest BCUT2D eigenvalue weighted by Crippen LogP contribution is 2.36. The van der Waals surface area contributed by atoms with E-state index < -0.39 is 69.9 Å². The molecule has 1 heterocycles. The SMILES string of the molecule is O=C(NS(=O)(=O)N1CC(F)(F)C1)c1cc(Cl)c(COc2ccc(C(F)(F)F)c(Cl)c2)cc1F. The molecule has 0 atom stereocenters. The van der Waals surface area contributed by atoms with Gasteiger partial charge in [-0.15, -0.1) is 0 Å². The van der Waals surface area contributed by atoms with Crippen LogP contribution in [0.3, 0.4) is 0 Å². The number of halogens is 8. The molecule has 0 bridgehead atoms. The molecule has 2 aromatic rings. The lowest BCUT2D eigenvalue weighted by Crippen LogP contribution is -2.61. The average Bonchev–Trinajstić information content (AvgIpc) is 2.65. The minimum Gasteiger partial charge on any atom is -0.489 e. The van der Waals surface area contributed by atoms with Crippen molar-refractivity contribution in [2.24, 2.45) is 0 Å². The number of rotatable bonds is 6. The molecule has 1 fully saturated rings. The van der Waals surface area contributed by atoms with E-state index in [0.29, 0.717) is 10.4 Å². The zero-order valence-electron chi connectivity index (χ0n) is 16.0. The molecule has 180 valence electrons. The van der Waals surface area contributed by atoms with Crippen molar-refractivity contribution in [2.75, 3.05) is 13.1 Å². The third kappa shape index (κ3) is 5.83. The van der Waals surface area contributed by atoms with Crippen LogP contribution in [-0.4, -0.2) is 37.6 Å². The Bertz CT molecular complexity index is 1200. The number of hydrogen-bond donors (Lipinski definition) is 1. The smallest absolute Gasteiger partial charge is 0.417 e. The van der Waals surface area contributed by atoms with Crippen molar-refractivity contribution in [3.05, 3.63) is 62.9 Å². The zero-order valence-corrected chi connectivity index (χ0v) is 18.3. The molecular weight excluding hydrogens is 525 g/mol.